The predicted octanol–water partition coefficient (Wildman–Crippen LogP) is 2.32. The zero-order valence-corrected chi connectivity index (χ0v) is 8.80. The molecule has 0 aliphatic rings. The Morgan fingerprint density at radius 1 is 1.57 bits per heavy atom. The molecule has 0 amide bonds. The van der Waals surface area contributed by atoms with E-state index in [1.54, 1.807) is 12.1 Å². The smallest absolute Gasteiger partial charge is 0.335 e. The van der Waals surface area contributed by atoms with Crippen LogP contribution >= 0.6 is 11.6 Å². The lowest BCUT2D eigenvalue weighted by Crippen LogP contribution is -2.13. The minimum atomic E-state index is -0.962. The monoisotopic (exact) mass is 213 g/mol. The average Bonchev–Trinajstić information content (AvgIpc) is 2.16. The molecule has 2 N–H and O–H groups in total. The summed E-state index contributed by atoms with van der Waals surface area (Å²) < 4.78 is 0. The molecule has 1 atom stereocenters. The van der Waals surface area contributed by atoms with E-state index in [2.05, 4.69) is 5.32 Å². The summed E-state index contributed by atoms with van der Waals surface area (Å²) in [6.07, 6.45) is 0. The molecule has 1 rings (SSSR count). The third-order valence-electron chi connectivity index (χ3n) is 2.15. The highest BCUT2D eigenvalue weighted by Crippen LogP contribution is 2.23. The fourth-order valence-electron chi connectivity index (χ4n) is 1.17. The van der Waals surface area contributed by atoms with Crippen LogP contribution in [0.5, 0.6) is 0 Å². The van der Waals surface area contributed by atoms with Crippen LogP contribution in [-0.4, -0.2) is 18.1 Å². The maximum absolute atomic E-state index is 10.6. The molecule has 1 aromatic carbocycles. The molecular formula is C10H12ClNO2. The van der Waals surface area contributed by atoms with Gasteiger partial charge in [0.1, 0.15) is 0 Å². The van der Waals surface area contributed by atoms with Crippen molar-refractivity contribution in [1.29, 1.82) is 0 Å². The molecule has 0 aliphatic carbocycles. The SMILES string of the molecule is CNC(C)c1ccc(C(=O)O)cc1Cl. The second-order valence-corrected chi connectivity index (χ2v) is 3.46. The normalized spacial score (nSPS) is 12.5. The van der Waals surface area contributed by atoms with E-state index in [0.29, 0.717) is 5.02 Å². The summed E-state index contributed by atoms with van der Waals surface area (Å²) in [7, 11) is 1.83. The molecule has 0 radical (unpaired) electrons. The molecule has 0 fully saturated rings. The van der Waals surface area contributed by atoms with Gasteiger partial charge in [0.05, 0.1) is 5.56 Å². The van der Waals surface area contributed by atoms with Crippen LogP contribution < -0.4 is 5.32 Å². The second kappa shape index (κ2) is 4.44. The summed E-state index contributed by atoms with van der Waals surface area (Å²) >= 11 is 5.94. The molecule has 0 bridgehead atoms. The van der Waals surface area contributed by atoms with E-state index in [0.717, 1.165) is 5.56 Å². The molecule has 4 heteroatoms. The van der Waals surface area contributed by atoms with E-state index in [1.807, 2.05) is 14.0 Å². The fraction of sp³-hybridized carbons (Fsp3) is 0.300. The topological polar surface area (TPSA) is 49.3 Å². The van der Waals surface area contributed by atoms with Crippen LogP contribution in [0.1, 0.15) is 28.9 Å². The lowest BCUT2D eigenvalue weighted by molar-refractivity contribution is 0.0697. The van der Waals surface area contributed by atoms with Gasteiger partial charge < -0.3 is 10.4 Å². The molecule has 0 aliphatic heterocycles. The molecule has 14 heavy (non-hydrogen) atoms. The van der Waals surface area contributed by atoms with Gasteiger partial charge in [-0.05, 0) is 31.7 Å². The van der Waals surface area contributed by atoms with Crippen LogP contribution in [0.15, 0.2) is 18.2 Å². The van der Waals surface area contributed by atoms with Crippen molar-refractivity contribution in [2.24, 2.45) is 0 Å². The van der Waals surface area contributed by atoms with E-state index < -0.39 is 5.97 Å². The first-order valence-electron chi connectivity index (χ1n) is 4.26. The summed E-state index contributed by atoms with van der Waals surface area (Å²) in [6, 6.07) is 4.86. The summed E-state index contributed by atoms with van der Waals surface area (Å²) in [5.74, 6) is -0.962. The highest BCUT2D eigenvalue weighted by molar-refractivity contribution is 6.31. The molecule has 0 saturated carbocycles. The number of carboxylic acids is 1. The third-order valence-corrected chi connectivity index (χ3v) is 2.47. The van der Waals surface area contributed by atoms with Crippen LogP contribution in [-0.2, 0) is 0 Å². The number of hydrogen-bond donors (Lipinski definition) is 2. The van der Waals surface area contributed by atoms with Crippen LogP contribution in [0.2, 0.25) is 5.02 Å². The van der Waals surface area contributed by atoms with Gasteiger partial charge in [-0.15, -0.1) is 0 Å². The summed E-state index contributed by atoms with van der Waals surface area (Å²) in [5, 5.41) is 12.2. The Labute approximate surface area is 87.7 Å². The van der Waals surface area contributed by atoms with Gasteiger partial charge >= 0.3 is 5.97 Å². The standard InChI is InChI=1S/C10H12ClNO2/c1-6(12-2)8-4-3-7(10(13)14)5-9(8)11/h3-6,12H,1-2H3,(H,13,14). The minimum Gasteiger partial charge on any atom is -0.478 e. The molecular weight excluding hydrogens is 202 g/mol. The Balaban J connectivity index is 3.07. The Morgan fingerprint density at radius 2 is 2.21 bits per heavy atom. The lowest BCUT2D eigenvalue weighted by atomic mass is 10.1. The zero-order valence-electron chi connectivity index (χ0n) is 8.04. The van der Waals surface area contributed by atoms with Gasteiger partial charge in [-0.2, -0.15) is 0 Å². The predicted molar refractivity (Wildman–Crippen MR) is 55.9 cm³/mol. The summed E-state index contributed by atoms with van der Waals surface area (Å²) in [6.45, 7) is 1.96. The van der Waals surface area contributed by atoms with Crippen molar-refractivity contribution < 1.29 is 9.90 Å². The number of halogens is 1. The summed E-state index contributed by atoms with van der Waals surface area (Å²) in [5.41, 5.74) is 1.11. The number of nitrogens with one attached hydrogen (secondary N) is 1. The molecule has 0 saturated heterocycles. The van der Waals surface area contributed by atoms with Crippen LogP contribution in [0.25, 0.3) is 0 Å². The van der Waals surface area contributed by atoms with E-state index in [1.165, 1.54) is 6.07 Å². The molecule has 3 nitrogen and oxygen atoms in total. The first-order valence-corrected chi connectivity index (χ1v) is 4.64. The number of benzene rings is 1. The quantitative estimate of drug-likeness (QED) is 0.810. The molecule has 0 heterocycles. The number of carboxylic acid groups (broad SMARTS) is 1. The van der Waals surface area contributed by atoms with Gasteiger partial charge in [0, 0.05) is 11.1 Å². The van der Waals surface area contributed by atoms with Crippen LogP contribution in [0.3, 0.4) is 0 Å². The molecule has 0 spiro atoms. The Hall–Kier alpha value is -1.06. The Bertz CT molecular complexity index is 352. The van der Waals surface area contributed by atoms with Crippen LogP contribution in [0, 0.1) is 0 Å². The van der Waals surface area contributed by atoms with Gasteiger partial charge in [0.15, 0.2) is 0 Å². The van der Waals surface area contributed by atoms with E-state index in [4.69, 9.17) is 16.7 Å². The van der Waals surface area contributed by atoms with E-state index >= 15 is 0 Å². The number of carbonyl (C=O) groups is 1. The van der Waals surface area contributed by atoms with Gasteiger partial charge in [0.25, 0.3) is 0 Å². The average molecular weight is 214 g/mol. The maximum atomic E-state index is 10.6. The van der Waals surface area contributed by atoms with Gasteiger partial charge in [-0.3, -0.25) is 0 Å². The zero-order chi connectivity index (χ0) is 10.7. The third kappa shape index (κ3) is 2.25. The van der Waals surface area contributed by atoms with E-state index in [9.17, 15) is 4.79 Å². The largest absolute Gasteiger partial charge is 0.478 e. The fourth-order valence-corrected chi connectivity index (χ4v) is 1.51. The maximum Gasteiger partial charge on any atom is 0.335 e. The van der Waals surface area contributed by atoms with E-state index in [-0.39, 0.29) is 11.6 Å². The first-order chi connectivity index (χ1) is 6.56. The molecule has 0 aromatic heterocycles. The van der Waals surface area contributed by atoms with Gasteiger partial charge in [0.2, 0.25) is 0 Å². The van der Waals surface area contributed by atoms with Crippen molar-refractivity contribution >= 4 is 17.6 Å². The molecule has 1 aromatic rings. The molecule has 1 unspecified atom stereocenters. The lowest BCUT2D eigenvalue weighted by Gasteiger charge is -2.12. The highest BCUT2D eigenvalue weighted by Gasteiger charge is 2.10. The minimum absolute atomic E-state index is 0.116. The number of hydrogen-bond acceptors (Lipinski definition) is 2. The van der Waals surface area contributed by atoms with Crippen molar-refractivity contribution in [2.45, 2.75) is 13.0 Å². The van der Waals surface area contributed by atoms with Crippen molar-refractivity contribution in [3.8, 4) is 0 Å². The first kappa shape index (κ1) is 11.0. The van der Waals surface area contributed by atoms with Crippen molar-refractivity contribution in [3.05, 3.63) is 34.3 Å². The van der Waals surface area contributed by atoms with Gasteiger partial charge in [-0.25, -0.2) is 4.79 Å². The Kier molecular flexibility index (Phi) is 3.49. The second-order valence-electron chi connectivity index (χ2n) is 3.05. The number of aromatic carboxylic acids is 1. The van der Waals surface area contributed by atoms with Crippen molar-refractivity contribution in [1.82, 2.24) is 5.32 Å². The van der Waals surface area contributed by atoms with Crippen molar-refractivity contribution in [2.75, 3.05) is 7.05 Å². The van der Waals surface area contributed by atoms with Crippen LogP contribution in [0.4, 0.5) is 0 Å². The Morgan fingerprint density at radius 3 is 2.64 bits per heavy atom. The highest BCUT2D eigenvalue weighted by atomic mass is 35.5. The van der Waals surface area contributed by atoms with Gasteiger partial charge in [-0.1, -0.05) is 17.7 Å². The van der Waals surface area contributed by atoms with Crippen molar-refractivity contribution in [3.63, 3.8) is 0 Å². The number of rotatable bonds is 3. The molecule has 76 valence electrons. The summed E-state index contributed by atoms with van der Waals surface area (Å²) in [4.78, 5) is 10.6.